The average Bonchev–Trinajstić information content (AvgIpc) is 3.14. The van der Waals surface area contributed by atoms with Gasteiger partial charge in [0.15, 0.2) is 0 Å². The number of likely N-dealkylation sites (N-methyl/N-ethyl adjacent to an activating group) is 1. The third-order valence-electron chi connectivity index (χ3n) is 5.80. The van der Waals surface area contributed by atoms with Crippen molar-refractivity contribution < 1.29 is 19.8 Å². The standard InChI is InChI=1S/C20H25N3O.C2H4O3/c1-4-23(5-2)20(24)14-9-16-15-7-6-8-17-19(15)13(11-21-17)10-18(16)22(3)12-14;3-1-2(4)5/h6-9,11,14,18,21H,4-5,10,12H2,1-3H3;3H,1H2,(H,4,5)/t14-,18-;/m1./s1. The van der Waals surface area contributed by atoms with E-state index in [0.717, 1.165) is 26.1 Å². The number of nitrogens with zero attached hydrogens (tertiary/aromatic N) is 2. The largest absolute Gasteiger partial charge is 0.480 e. The Morgan fingerprint density at radius 2 is 1.97 bits per heavy atom. The number of fused-ring (bicyclic) bond motifs is 2. The number of benzene rings is 1. The van der Waals surface area contributed by atoms with Crippen LogP contribution in [0.4, 0.5) is 0 Å². The summed E-state index contributed by atoms with van der Waals surface area (Å²) in [5.74, 6) is -0.980. The number of aromatic amines is 1. The number of carboxylic acids is 1. The van der Waals surface area contributed by atoms with Gasteiger partial charge in [-0.2, -0.15) is 0 Å². The molecule has 1 aliphatic carbocycles. The quantitative estimate of drug-likeness (QED) is 0.730. The molecule has 0 saturated carbocycles. The molecule has 156 valence electrons. The molecule has 0 radical (unpaired) electrons. The molecule has 7 nitrogen and oxygen atoms in total. The van der Waals surface area contributed by atoms with E-state index in [2.05, 4.69) is 61.3 Å². The molecule has 2 aliphatic rings. The molecule has 7 heteroatoms. The number of carbonyl (C=O) groups is 2. The second-order valence-corrected chi connectivity index (χ2v) is 7.49. The third kappa shape index (κ3) is 4.06. The number of H-pyrrole nitrogens is 1. The first-order valence-electron chi connectivity index (χ1n) is 10.0. The van der Waals surface area contributed by atoms with Crippen LogP contribution in [0, 0.1) is 5.92 Å². The van der Waals surface area contributed by atoms with E-state index in [4.69, 9.17) is 15.0 Å². The molecule has 1 aromatic carbocycles. The fourth-order valence-electron chi connectivity index (χ4n) is 4.38. The van der Waals surface area contributed by atoms with Crippen molar-refractivity contribution in [3.63, 3.8) is 0 Å². The molecule has 2 heterocycles. The van der Waals surface area contributed by atoms with Crippen molar-refractivity contribution >= 4 is 28.4 Å². The highest BCUT2D eigenvalue weighted by molar-refractivity contribution is 5.99. The summed E-state index contributed by atoms with van der Waals surface area (Å²) in [6.45, 7) is 5.69. The van der Waals surface area contributed by atoms with Crippen molar-refractivity contribution in [3.8, 4) is 0 Å². The number of hydrogen-bond donors (Lipinski definition) is 3. The van der Waals surface area contributed by atoms with Crippen LogP contribution in [0.5, 0.6) is 0 Å². The SMILES string of the molecule is CCN(CC)C(=O)[C@@H]1C=C2c3cccc4[nH]cc(c34)C[C@H]2N(C)C1.O=C(O)CO. The van der Waals surface area contributed by atoms with Gasteiger partial charge in [-0.1, -0.05) is 18.2 Å². The maximum atomic E-state index is 12.9. The summed E-state index contributed by atoms with van der Waals surface area (Å²) in [4.78, 5) is 29.7. The lowest BCUT2D eigenvalue weighted by molar-refractivity contribution is -0.140. The number of hydrogen-bond acceptors (Lipinski definition) is 4. The van der Waals surface area contributed by atoms with E-state index >= 15 is 0 Å². The monoisotopic (exact) mass is 399 g/mol. The Labute approximate surface area is 170 Å². The van der Waals surface area contributed by atoms with Crippen LogP contribution in [0.25, 0.3) is 16.5 Å². The Morgan fingerprint density at radius 3 is 2.59 bits per heavy atom. The van der Waals surface area contributed by atoms with Gasteiger partial charge in [0.25, 0.3) is 0 Å². The summed E-state index contributed by atoms with van der Waals surface area (Å²) in [5, 5.41) is 16.4. The van der Waals surface area contributed by atoms with E-state index in [0.29, 0.717) is 6.04 Å². The lowest BCUT2D eigenvalue weighted by Crippen LogP contribution is -2.47. The first kappa shape index (κ1) is 21.1. The van der Waals surface area contributed by atoms with Gasteiger partial charge in [-0.25, -0.2) is 4.79 Å². The number of aliphatic carboxylic acids is 1. The van der Waals surface area contributed by atoms with Crippen LogP contribution in [0.2, 0.25) is 0 Å². The van der Waals surface area contributed by atoms with Gasteiger partial charge in [0.1, 0.15) is 6.61 Å². The third-order valence-corrected chi connectivity index (χ3v) is 5.80. The van der Waals surface area contributed by atoms with Crippen molar-refractivity contribution in [1.82, 2.24) is 14.8 Å². The molecule has 0 saturated heterocycles. The van der Waals surface area contributed by atoms with Crippen LogP contribution in [-0.2, 0) is 16.0 Å². The van der Waals surface area contributed by atoms with Crippen LogP contribution in [0.15, 0.2) is 30.5 Å². The minimum absolute atomic E-state index is 0.0445. The first-order valence-corrected chi connectivity index (χ1v) is 10.0. The maximum Gasteiger partial charge on any atom is 0.329 e. The van der Waals surface area contributed by atoms with E-state index in [9.17, 15) is 4.79 Å². The molecule has 0 fully saturated rings. The van der Waals surface area contributed by atoms with Crippen molar-refractivity contribution in [3.05, 3.63) is 41.6 Å². The molecular weight excluding hydrogens is 370 g/mol. The molecule has 29 heavy (non-hydrogen) atoms. The number of carboxylic acid groups (broad SMARTS) is 1. The molecule has 0 spiro atoms. The van der Waals surface area contributed by atoms with E-state index in [-0.39, 0.29) is 11.8 Å². The van der Waals surface area contributed by atoms with Crippen molar-refractivity contribution in [2.24, 2.45) is 5.92 Å². The summed E-state index contributed by atoms with van der Waals surface area (Å²) in [7, 11) is 2.15. The van der Waals surface area contributed by atoms with Gasteiger partial charge in [0.2, 0.25) is 5.91 Å². The number of rotatable bonds is 4. The molecule has 0 bridgehead atoms. The lowest BCUT2D eigenvalue weighted by Gasteiger charge is -2.40. The molecule has 3 N–H and O–H groups in total. The summed E-state index contributed by atoms with van der Waals surface area (Å²) in [6, 6.07) is 6.82. The van der Waals surface area contributed by atoms with E-state index in [1.165, 1.54) is 27.6 Å². The Hall–Kier alpha value is -2.64. The molecule has 1 aliphatic heterocycles. The second kappa shape index (κ2) is 8.80. The molecule has 2 aromatic rings. The zero-order valence-corrected chi connectivity index (χ0v) is 17.2. The van der Waals surface area contributed by atoms with Gasteiger partial charge in [-0.3, -0.25) is 9.69 Å². The smallest absolute Gasteiger partial charge is 0.329 e. The fourth-order valence-corrected chi connectivity index (χ4v) is 4.38. The summed E-state index contributed by atoms with van der Waals surface area (Å²) in [6.07, 6.45) is 5.41. The normalized spacial score (nSPS) is 20.3. The number of aliphatic hydroxyl groups is 1. The van der Waals surface area contributed by atoms with Crippen molar-refractivity contribution in [2.75, 3.05) is 33.3 Å². The molecule has 1 aromatic heterocycles. The number of aliphatic hydroxyl groups excluding tert-OH is 1. The van der Waals surface area contributed by atoms with E-state index in [1.807, 2.05) is 4.90 Å². The van der Waals surface area contributed by atoms with Crippen LogP contribution in [-0.4, -0.2) is 76.2 Å². The highest BCUT2D eigenvalue weighted by atomic mass is 16.4. The highest BCUT2D eigenvalue weighted by Gasteiger charge is 2.36. The molecule has 2 atom stereocenters. The molecule has 1 amide bonds. The summed E-state index contributed by atoms with van der Waals surface area (Å²) < 4.78 is 0. The lowest BCUT2D eigenvalue weighted by atomic mass is 9.79. The zero-order chi connectivity index (χ0) is 21.1. The van der Waals surface area contributed by atoms with Crippen LogP contribution >= 0.6 is 0 Å². The Bertz CT molecular complexity index is 929. The van der Waals surface area contributed by atoms with Crippen LogP contribution in [0.1, 0.15) is 25.0 Å². The van der Waals surface area contributed by atoms with Gasteiger partial charge < -0.3 is 20.1 Å². The Morgan fingerprint density at radius 1 is 1.28 bits per heavy atom. The average molecular weight is 399 g/mol. The van der Waals surface area contributed by atoms with E-state index in [1.54, 1.807) is 0 Å². The summed E-state index contributed by atoms with van der Waals surface area (Å²) >= 11 is 0. The maximum absolute atomic E-state index is 12.9. The summed E-state index contributed by atoms with van der Waals surface area (Å²) in [5.41, 5.74) is 5.21. The van der Waals surface area contributed by atoms with Gasteiger partial charge >= 0.3 is 5.97 Å². The van der Waals surface area contributed by atoms with Crippen LogP contribution < -0.4 is 0 Å². The minimum atomic E-state index is -1.19. The second-order valence-electron chi connectivity index (χ2n) is 7.49. The molecular formula is C22H29N3O4. The number of aromatic nitrogens is 1. The van der Waals surface area contributed by atoms with Crippen LogP contribution in [0.3, 0.4) is 0 Å². The predicted molar refractivity (Wildman–Crippen MR) is 113 cm³/mol. The molecule has 0 unspecified atom stereocenters. The van der Waals surface area contributed by atoms with Crippen molar-refractivity contribution in [2.45, 2.75) is 26.3 Å². The van der Waals surface area contributed by atoms with Gasteiger partial charge in [0, 0.05) is 42.8 Å². The number of nitrogens with one attached hydrogen (secondary N) is 1. The highest BCUT2D eigenvalue weighted by Crippen LogP contribution is 2.40. The topological polar surface area (TPSA) is 96.9 Å². The fraction of sp³-hybridized carbons (Fsp3) is 0.455. The predicted octanol–water partition coefficient (Wildman–Crippen LogP) is 1.97. The van der Waals surface area contributed by atoms with Crippen molar-refractivity contribution in [1.29, 1.82) is 0 Å². The molecule has 4 rings (SSSR count). The van der Waals surface area contributed by atoms with E-state index < -0.39 is 12.6 Å². The first-order chi connectivity index (χ1) is 13.9. The zero-order valence-electron chi connectivity index (χ0n) is 17.2. The van der Waals surface area contributed by atoms with Gasteiger partial charge in [-0.15, -0.1) is 0 Å². The Balaban J connectivity index is 0.000000431. The minimum Gasteiger partial charge on any atom is -0.480 e. The van der Waals surface area contributed by atoms with Gasteiger partial charge in [0.05, 0.1) is 5.92 Å². The number of carbonyl (C=O) groups excluding carboxylic acids is 1. The Kier molecular flexibility index (Phi) is 6.39. The van der Waals surface area contributed by atoms with Gasteiger partial charge in [-0.05, 0) is 50.1 Å². The number of amides is 1.